The number of unbranched alkanes of at least 4 members (excludes halogenated alkanes) is 21. The molecule has 1 unspecified atom stereocenters. The van der Waals surface area contributed by atoms with Crippen molar-refractivity contribution in [3.8, 4) is 0 Å². The first kappa shape index (κ1) is 39.9. The van der Waals surface area contributed by atoms with Crippen molar-refractivity contribution in [1.29, 1.82) is 0 Å². The SMILES string of the molecule is CCC/C=C\CCCCCCCCOCC(CO)OC(=O)CCCCCCCCC/C=C\CCCCCCCCC. The van der Waals surface area contributed by atoms with Crippen LogP contribution in [0.5, 0.6) is 0 Å². The van der Waals surface area contributed by atoms with Crippen LogP contribution in [0.1, 0.15) is 181 Å². The number of esters is 1. The number of hydrogen-bond acceptors (Lipinski definition) is 4. The second-order valence-electron chi connectivity index (χ2n) is 11.9. The maximum absolute atomic E-state index is 12.1. The van der Waals surface area contributed by atoms with Gasteiger partial charge in [-0.1, -0.05) is 141 Å². The number of hydrogen-bond donors (Lipinski definition) is 1. The fourth-order valence-electron chi connectivity index (χ4n) is 5.03. The average Bonchev–Trinajstić information content (AvgIpc) is 2.98. The third-order valence-electron chi connectivity index (χ3n) is 7.73. The molecule has 0 fully saturated rings. The summed E-state index contributed by atoms with van der Waals surface area (Å²) in [6.45, 7) is 5.28. The third-order valence-corrected chi connectivity index (χ3v) is 7.73. The Labute approximate surface area is 256 Å². The first-order valence-electron chi connectivity index (χ1n) is 17.9. The molecule has 1 atom stereocenters. The Kier molecular flexibility index (Phi) is 34.1. The van der Waals surface area contributed by atoms with Gasteiger partial charge in [0.2, 0.25) is 0 Å². The molecule has 0 aliphatic carbocycles. The van der Waals surface area contributed by atoms with Gasteiger partial charge in [0.15, 0.2) is 0 Å². The Morgan fingerprint density at radius 3 is 1.49 bits per heavy atom. The van der Waals surface area contributed by atoms with Crippen LogP contribution < -0.4 is 0 Å². The molecule has 0 aliphatic rings. The molecule has 0 aromatic rings. The molecule has 4 heteroatoms. The summed E-state index contributed by atoms with van der Waals surface area (Å²) in [4.78, 5) is 12.1. The summed E-state index contributed by atoms with van der Waals surface area (Å²) in [6, 6.07) is 0. The summed E-state index contributed by atoms with van der Waals surface area (Å²) in [5, 5.41) is 9.53. The lowest BCUT2D eigenvalue weighted by Gasteiger charge is -2.15. The molecule has 41 heavy (non-hydrogen) atoms. The van der Waals surface area contributed by atoms with E-state index in [2.05, 4.69) is 38.2 Å². The van der Waals surface area contributed by atoms with Gasteiger partial charge in [0.05, 0.1) is 13.2 Å². The smallest absolute Gasteiger partial charge is 0.306 e. The van der Waals surface area contributed by atoms with Gasteiger partial charge < -0.3 is 14.6 Å². The zero-order valence-corrected chi connectivity index (χ0v) is 27.6. The summed E-state index contributed by atoms with van der Waals surface area (Å²) >= 11 is 0. The highest BCUT2D eigenvalue weighted by molar-refractivity contribution is 5.69. The molecule has 0 rings (SSSR count). The second-order valence-corrected chi connectivity index (χ2v) is 11.9. The van der Waals surface area contributed by atoms with Crippen molar-refractivity contribution in [2.75, 3.05) is 19.8 Å². The molecule has 0 bridgehead atoms. The van der Waals surface area contributed by atoms with Crippen LogP contribution in [0.4, 0.5) is 0 Å². The van der Waals surface area contributed by atoms with E-state index in [1.807, 2.05) is 0 Å². The van der Waals surface area contributed by atoms with Gasteiger partial charge >= 0.3 is 5.97 Å². The fourth-order valence-corrected chi connectivity index (χ4v) is 5.03. The monoisotopic (exact) mass is 579 g/mol. The minimum absolute atomic E-state index is 0.174. The van der Waals surface area contributed by atoms with E-state index in [-0.39, 0.29) is 12.6 Å². The van der Waals surface area contributed by atoms with Crippen molar-refractivity contribution in [2.45, 2.75) is 187 Å². The van der Waals surface area contributed by atoms with E-state index in [9.17, 15) is 9.90 Å². The summed E-state index contributed by atoms with van der Waals surface area (Å²) in [5.41, 5.74) is 0. The molecule has 0 spiro atoms. The predicted molar refractivity (Wildman–Crippen MR) is 177 cm³/mol. The molecular formula is C37H70O4. The minimum atomic E-state index is -0.534. The minimum Gasteiger partial charge on any atom is -0.457 e. The predicted octanol–water partition coefficient (Wildman–Crippen LogP) is 11.2. The Balaban J connectivity index is 3.44. The van der Waals surface area contributed by atoms with Crippen LogP contribution in [-0.2, 0) is 14.3 Å². The zero-order valence-electron chi connectivity index (χ0n) is 27.6. The van der Waals surface area contributed by atoms with E-state index >= 15 is 0 Å². The quantitative estimate of drug-likeness (QED) is 0.0478. The molecule has 0 aromatic heterocycles. The Morgan fingerprint density at radius 1 is 0.561 bits per heavy atom. The van der Waals surface area contributed by atoms with E-state index in [0.717, 1.165) is 19.3 Å². The summed E-state index contributed by atoms with van der Waals surface area (Å²) in [6.07, 6.45) is 40.7. The Morgan fingerprint density at radius 2 is 1.00 bits per heavy atom. The van der Waals surface area contributed by atoms with E-state index in [1.54, 1.807) is 0 Å². The number of carbonyl (C=O) groups excluding carboxylic acids is 1. The zero-order chi connectivity index (χ0) is 29.9. The molecule has 0 heterocycles. The van der Waals surface area contributed by atoms with Crippen molar-refractivity contribution in [1.82, 2.24) is 0 Å². The van der Waals surface area contributed by atoms with Gasteiger partial charge in [-0.2, -0.15) is 0 Å². The average molecular weight is 579 g/mol. The normalized spacial score (nSPS) is 12.6. The standard InChI is InChI=1S/C37H70O4/c1-3-5-7-9-11-13-15-16-17-18-19-20-21-22-24-26-28-30-32-37(39)41-36(34-38)35-40-33-31-29-27-25-23-14-12-10-8-6-4-2/h8,10,17-18,36,38H,3-7,9,11-16,19-35H2,1-2H3/b10-8-,18-17-. The number of ether oxygens (including phenoxy) is 2. The summed E-state index contributed by atoms with van der Waals surface area (Å²) in [5.74, 6) is -0.208. The summed E-state index contributed by atoms with van der Waals surface area (Å²) < 4.78 is 11.1. The number of carbonyl (C=O) groups is 1. The van der Waals surface area contributed by atoms with Gasteiger partial charge in [-0.25, -0.2) is 0 Å². The van der Waals surface area contributed by atoms with Crippen LogP contribution in [0.15, 0.2) is 24.3 Å². The maximum atomic E-state index is 12.1. The molecule has 4 nitrogen and oxygen atoms in total. The first-order valence-corrected chi connectivity index (χ1v) is 17.9. The van der Waals surface area contributed by atoms with Crippen LogP contribution >= 0.6 is 0 Å². The first-order chi connectivity index (χ1) is 20.2. The van der Waals surface area contributed by atoms with Crippen molar-refractivity contribution >= 4 is 5.97 Å². The molecule has 0 amide bonds. The number of rotatable bonds is 33. The van der Waals surface area contributed by atoms with Gasteiger partial charge in [0.25, 0.3) is 0 Å². The number of aliphatic hydroxyl groups is 1. The Hall–Kier alpha value is -1.13. The van der Waals surface area contributed by atoms with Crippen LogP contribution in [0.2, 0.25) is 0 Å². The van der Waals surface area contributed by atoms with Gasteiger partial charge in [0, 0.05) is 13.0 Å². The lowest BCUT2D eigenvalue weighted by molar-refractivity contribution is -0.154. The fraction of sp³-hybridized carbons (Fsp3) is 0.865. The van der Waals surface area contributed by atoms with Crippen molar-refractivity contribution in [3.63, 3.8) is 0 Å². The molecule has 0 radical (unpaired) electrons. The van der Waals surface area contributed by atoms with E-state index in [4.69, 9.17) is 9.47 Å². The lowest BCUT2D eigenvalue weighted by atomic mass is 10.1. The van der Waals surface area contributed by atoms with Crippen LogP contribution in [0.25, 0.3) is 0 Å². The third kappa shape index (κ3) is 33.2. The topological polar surface area (TPSA) is 55.8 Å². The molecular weight excluding hydrogens is 508 g/mol. The molecule has 242 valence electrons. The Bertz CT molecular complexity index is 571. The van der Waals surface area contributed by atoms with Crippen molar-refractivity contribution in [2.24, 2.45) is 0 Å². The van der Waals surface area contributed by atoms with Crippen LogP contribution in [0.3, 0.4) is 0 Å². The van der Waals surface area contributed by atoms with Crippen molar-refractivity contribution < 1.29 is 19.4 Å². The highest BCUT2D eigenvalue weighted by Gasteiger charge is 2.13. The highest BCUT2D eigenvalue weighted by Crippen LogP contribution is 2.13. The van der Waals surface area contributed by atoms with Gasteiger partial charge in [-0.3, -0.25) is 4.79 Å². The van der Waals surface area contributed by atoms with Gasteiger partial charge in [0.1, 0.15) is 6.10 Å². The van der Waals surface area contributed by atoms with E-state index in [0.29, 0.717) is 19.6 Å². The largest absolute Gasteiger partial charge is 0.457 e. The lowest BCUT2D eigenvalue weighted by Crippen LogP contribution is -2.27. The number of allylic oxidation sites excluding steroid dienone is 4. The van der Waals surface area contributed by atoms with Crippen LogP contribution in [0, 0.1) is 0 Å². The van der Waals surface area contributed by atoms with Gasteiger partial charge in [-0.05, 0) is 57.8 Å². The van der Waals surface area contributed by atoms with Crippen molar-refractivity contribution in [3.05, 3.63) is 24.3 Å². The number of aliphatic hydroxyl groups excluding tert-OH is 1. The summed E-state index contributed by atoms with van der Waals surface area (Å²) in [7, 11) is 0. The molecule has 1 N–H and O–H groups in total. The van der Waals surface area contributed by atoms with E-state index in [1.165, 1.54) is 141 Å². The molecule has 0 saturated heterocycles. The van der Waals surface area contributed by atoms with Gasteiger partial charge in [-0.15, -0.1) is 0 Å². The second kappa shape index (κ2) is 35.1. The highest BCUT2D eigenvalue weighted by atomic mass is 16.6. The molecule has 0 aromatic carbocycles. The molecule has 0 saturated carbocycles. The maximum Gasteiger partial charge on any atom is 0.306 e. The molecule has 0 aliphatic heterocycles. The van der Waals surface area contributed by atoms with Crippen LogP contribution in [-0.4, -0.2) is 37.0 Å². The van der Waals surface area contributed by atoms with E-state index < -0.39 is 6.10 Å².